The Morgan fingerprint density at radius 1 is 1.62 bits per heavy atom. The van der Waals surface area contributed by atoms with Gasteiger partial charge in [0.1, 0.15) is 0 Å². The second-order valence-electron chi connectivity index (χ2n) is 1.94. The molecule has 0 heterocycles. The molecule has 0 aromatic carbocycles. The largest absolute Gasteiger partial charge is 0.320 e. The molecule has 0 saturated carbocycles. The SMILES string of the molecule is CNCCCN(C)N. The fraction of sp³-hybridized carbons (Fsp3) is 1.00. The van der Waals surface area contributed by atoms with Gasteiger partial charge in [-0.3, -0.25) is 10.9 Å². The van der Waals surface area contributed by atoms with Crippen molar-refractivity contribution in [3.8, 4) is 0 Å². The van der Waals surface area contributed by atoms with Gasteiger partial charge in [0.2, 0.25) is 0 Å². The molecule has 0 rings (SSSR count). The molecule has 50 valence electrons. The summed E-state index contributed by atoms with van der Waals surface area (Å²) in [7, 11) is 3.81. The number of nitrogens with two attached hydrogens (primary N) is 1. The molecule has 8 heavy (non-hydrogen) atoms. The van der Waals surface area contributed by atoms with Crippen LogP contribution in [-0.4, -0.2) is 32.2 Å². The lowest BCUT2D eigenvalue weighted by Crippen LogP contribution is -2.28. The van der Waals surface area contributed by atoms with E-state index in [1.807, 2.05) is 14.1 Å². The molecule has 0 amide bonds. The van der Waals surface area contributed by atoms with Crippen molar-refractivity contribution >= 4 is 0 Å². The van der Waals surface area contributed by atoms with Crippen LogP contribution in [0.5, 0.6) is 0 Å². The Morgan fingerprint density at radius 2 is 2.25 bits per heavy atom. The van der Waals surface area contributed by atoms with E-state index in [1.165, 1.54) is 0 Å². The van der Waals surface area contributed by atoms with Crippen LogP contribution in [0.3, 0.4) is 0 Å². The van der Waals surface area contributed by atoms with Crippen LogP contribution in [-0.2, 0) is 0 Å². The summed E-state index contributed by atoms with van der Waals surface area (Å²) in [5.74, 6) is 5.34. The predicted octanol–water partition coefficient (Wildman–Crippen LogP) is -0.599. The normalized spacial score (nSPS) is 10.5. The van der Waals surface area contributed by atoms with Gasteiger partial charge >= 0.3 is 0 Å². The van der Waals surface area contributed by atoms with E-state index in [2.05, 4.69) is 5.32 Å². The molecule has 0 bridgehead atoms. The smallest absolute Gasteiger partial charge is 0.0137 e. The molecular weight excluding hydrogens is 102 g/mol. The summed E-state index contributed by atoms with van der Waals surface area (Å²) in [6, 6.07) is 0. The number of nitrogens with one attached hydrogen (secondary N) is 1. The van der Waals surface area contributed by atoms with E-state index in [4.69, 9.17) is 5.84 Å². The van der Waals surface area contributed by atoms with Crippen LogP contribution in [0.25, 0.3) is 0 Å². The van der Waals surface area contributed by atoms with E-state index in [1.54, 1.807) is 5.01 Å². The van der Waals surface area contributed by atoms with Crippen LogP contribution >= 0.6 is 0 Å². The molecule has 0 radical (unpaired) electrons. The summed E-state index contributed by atoms with van der Waals surface area (Å²) in [6.45, 7) is 2.00. The van der Waals surface area contributed by atoms with Crippen LogP contribution in [0.2, 0.25) is 0 Å². The van der Waals surface area contributed by atoms with E-state index in [0.717, 1.165) is 19.5 Å². The maximum Gasteiger partial charge on any atom is 0.0137 e. The number of rotatable bonds is 4. The van der Waals surface area contributed by atoms with Crippen molar-refractivity contribution in [1.82, 2.24) is 10.3 Å². The number of hydrogen-bond donors (Lipinski definition) is 2. The molecule has 0 aliphatic rings. The number of hydrogen-bond acceptors (Lipinski definition) is 3. The highest BCUT2D eigenvalue weighted by atomic mass is 15.4. The molecule has 3 N–H and O–H groups in total. The first-order valence-corrected chi connectivity index (χ1v) is 2.88. The van der Waals surface area contributed by atoms with Crippen molar-refractivity contribution < 1.29 is 0 Å². The first-order valence-electron chi connectivity index (χ1n) is 2.88. The lowest BCUT2D eigenvalue weighted by Gasteiger charge is -2.07. The molecule has 0 aromatic rings. The van der Waals surface area contributed by atoms with Crippen molar-refractivity contribution in [2.24, 2.45) is 5.84 Å². The zero-order chi connectivity index (χ0) is 6.41. The van der Waals surface area contributed by atoms with Gasteiger partial charge in [0.05, 0.1) is 0 Å². The Bertz CT molecular complexity index is 44.9. The van der Waals surface area contributed by atoms with Gasteiger partial charge in [0, 0.05) is 13.6 Å². The van der Waals surface area contributed by atoms with Crippen molar-refractivity contribution in [2.45, 2.75) is 6.42 Å². The molecule has 0 spiro atoms. The van der Waals surface area contributed by atoms with E-state index in [9.17, 15) is 0 Å². The minimum absolute atomic E-state index is 0.959. The third-order valence-corrected chi connectivity index (χ3v) is 0.938. The lowest BCUT2D eigenvalue weighted by atomic mass is 10.4. The first kappa shape index (κ1) is 7.88. The fourth-order valence-corrected chi connectivity index (χ4v) is 0.505. The van der Waals surface area contributed by atoms with Crippen molar-refractivity contribution in [1.29, 1.82) is 0 Å². The third kappa shape index (κ3) is 5.88. The molecule has 0 atom stereocenters. The predicted molar refractivity (Wildman–Crippen MR) is 35.4 cm³/mol. The van der Waals surface area contributed by atoms with Gasteiger partial charge in [-0.2, -0.15) is 0 Å². The highest BCUT2D eigenvalue weighted by Crippen LogP contribution is 1.75. The topological polar surface area (TPSA) is 41.3 Å². The molecule has 0 aliphatic carbocycles. The summed E-state index contributed by atoms with van der Waals surface area (Å²) in [5, 5.41) is 4.73. The molecule has 3 nitrogen and oxygen atoms in total. The molecule has 0 aromatic heterocycles. The van der Waals surface area contributed by atoms with Crippen molar-refractivity contribution in [2.75, 3.05) is 27.2 Å². The summed E-state index contributed by atoms with van der Waals surface area (Å²) >= 11 is 0. The minimum atomic E-state index is 0.959. The van der Waals surface area contributed by atoms with Crippen LogP contribution in [0.15, 0.2) is 0 Å². The summed E-state index contributed by atoms with van der Waals surface area (Å²) in [4.78, 5) is 0. The second kappa shape index (κ2) is 5.03. The van der Waals surface area contributed by atoms with Crippen LogP contribution in [0, 0.1) is 0 Å². The van der Waals surface area contributed by atoms with Gasteiger partial charge in [-0.15, -0.1) is 0 Å². The first-order chi connectivity index (χ1) is 3.77. The monoisotopic (exact) mass is 117 g/mol. The Labute approximate surface area is 50.8 Å². The second-order valence-corrected chi connectivity index (χ2v) is 1.94. The zero-order valence-corrected chi connectivity index (χ0v) is 5.65. The third-order valence-electron chi connectivity index (χ3n) is 0.938. The molecule has 0 saturated heterocycles. The fourth-order valence-electron chi connectivity index (χ4n) is 0.505. The Morgan fingerprint density at radius 3 is 2.62 bits per heavy atom. The minimum Gasteiger partial charge on any atom is -0.320 e. The van der Waals surface area contributed by atoms with E-state index >= 15 is 0 Å². The van der Waals surface area contributed by atoms with E-state index < -0.39 is 0 Å². The molecular formula is C5H15N3. The molecule has 0 fully saturated rings. The van der Waals surface area contributed by atoms with Crippen molar-refractivity contribution in [3.05, 3.63) is 0 Å². The molecule has 0 unspecified atom stereocenters. The van der Waals surface area contributed by atoms with Gasteiger partial charge < -0.3 is 5.32 Å². The van der Waals surface area contributed by atoms with Gasteiger partial charge in [-0.25, -0.2) is 0 Å². The van der Waals surface area contributed by atoms with Gasteiger partial charge in [-0.05, 0) is 20.0 Å². The molecule has 0 aliphatic heterocycles. The Hall–Kier alpha value is -0.120. The summed E-state index contributed by atoms with van der Waals surface area (Å²) in [5.41, 5.74) is 0. The highest BCUT2D eigenvalue weighted by molar-refractivity contribution is 4.43. The van der Waals surface area contributed by atoms with Crippen LogP contribution < -0.4 is 11.2 Å². The van der Waals surface area contributed by atoms with Crippen LogP contribution in [0.4, 0.5) is 0 Å². The quantitative estimate of drug-likeness (QED) is 0.293. The van der Waals surface area contributed by atoms with Gasteiger partial charge in [-0.1, -0.05) is 0 Å². The van der Waals surface area contributed by atoms with Gasteiger partial charge in [0.15, 0.2) is 0 Å². The summed E-state index contributed by atoms with van der Waals surface area (Å²) in [6.07, 6.45) is 1.11. The summed E-state index contributed by atoms with van der Waals surface area (Å²) < 4.78 is 0. The zero-order valence-electron chi connectivity index (χ0n) is 5.65. The van der Waals surface area contributed by atoms with Crippen molar-refractivity contribution in [3.63, 3.8) is 0 Å². The Balaban J connectivity index is 2.72. The maximum absolute atomic E-state index is 5.34. The maximum atomic E-state index is 5.34. The lowest BCUT2D eigenvalue weighted by molar-refractivity contribution is 0.342. The van der Waals surface area contributed by atoms with E-state index in [0.29, 0.717) is 0 Å². The molecule has 3 heteroatoms. The Kier molecular flexibility index (Phi) is 4.95. The van der Waals surface area contributed by atoms with Gasteiger partial charge in [0.25, 0.3) is 0 Å². The highest BCUT2D eigenvalue weighted by Gasteiger charge is 1.86. The number of hydrazine groups is 1. The standard InChI is InChI=1S/C5H15N3/c1-7-4-3-5-8(2)6/h7H,3-6H2,1-2H3. The average molecular weight is 117 g/mol. The average Bonchev–Trinajstić information content (AvgIpc) is 1.66. The van der Waals surface area contributed by atoms with E-state index in [-0.39, 0.29) is 0 Å². The van der Waals surface area contributed by atoms with Crippen LogP contribution in [0.1, 0.15) is 6.42 Å². The number of nitrogens with zero attached hydrogens (tertiary/aromatic N) is 1.